The minimum atomic E-state index is -0.634. The third-order valence-corrected chi connectivity index (χ3v) is 4.49. The van der Waals surface area contributed by atoms with Gasteiger partial charge in [-0.05, 0) is 26.4 Å². The zero-order valence-corrected chi connectivity index (χ0v) is 10.3. The summed E-state index contributed by atoms with van der Waals surface area (Å²) < 4.78 is 5.28. The Balaban J connectivity index is 3.70. The Hall–Kier alpha value is 0.970. The van der Waals surface area contributed by atoms with Gasteiger partial charge in [0.15, 0.2) is 4.58 Å². The molecular weight excluding hydrogens is 214 g/mol. The minimum absolute atomic E-state index is 0.230. The van der Waals surface area contributed by atoms with Crippen molar-refractivity contribution in [2.45, 2.75) is 44.3 Å². The number of hydrogen-bond donors (Lipinski definition) is 0. The van der Waals surface area contributed by atoms with Gasteiger partial charge in [0, 0.05) is 0 Å². The number of alkyl halides is 2. The molecule has 0 spiro atoms. The standard InChI is InChI=1S/C8H17Cl2OP/c1-4-5-6-12(8(9)10)11-7(2)3/h7-8H,4-6H2,1-3H3. The van der Waals surface area contributed by atoms with E-state index in [0.717, 1.165) is 12.6 Å². The van der Waals surface area contributed by atoms with Crippen molar-refractivity contribution >= 4 is 31.4 Å². The molecule has 0 N–H and O–H groups in total. The minimum Gasteiger partial charge on any atom is -0.354 e. The van der Waals surface area contributed by atoms with Crippen LogP contribution in [0.15, 0.2) is 0 Å². The number of halogens is 2. The molecule has 0 aliphatic carbocycles. The van der Waals surface area contributed by atoms with Gasteiger partial charge in [-0.3, -0.25) is 0 Å². The Labute approximate surface area is 86.6 Å². The molecule has 1 unspecified atom stereocenters. The summed E-state index contributed by atoms with van der Waals surface area (Å²) >= 11 is 11.6. The van der Waals surface area contributed by atoms with E-state index < -0.39 is 8.15 Å². The zero-order valence-electron chi connectivity index (χ0n) is 7.89. The van der Waals surface area contributed by atoms with Crippen LogP contribution in [0.4, 0.5) is 0 Å². The van der Waals surface area contributed by atoms with Gasteiger partial charge in [-0.25, -0.2) is 0 Å². The van der Waals surface area contributed by atoms with Crippen LogP contribution >= 0.6 is 31.4 Å². The van der Waals surface area contributed by atoms with E-state index in [2.05, 4.69) is 6.92 Å². The lowest BCUT2D eigenvalue weighted by atomic mass is 10.4. The van der Waals surface area contributed by atoms with Crippen molar-refractivity contribution < 1.29 is 4.52 Å². The molecule has 0 aliphatic heterocycles. The van der Waals surface area contributed by atoms with Gasteiger partial charge in [0.2, 0.25) is 0 Å². The fourth-order valence-electron chi connectivity index (χ4n) is 0.781. The predicted octanol–water partition coefficient (Wildman–Crippen LogP) is 4.37. The summed E-state index contributed by atoms with van der Waals surface area (Å²) in [4.78, 5) is 0. The molecule has 0 heterocycles. The Morgan fingerprint density at radius 1 is 1.33 bits per heavy atom. The molecule has 1 nitrogen and oxygen atoms in total. The van der Waals surface area contributed by atoms with Gasteiger partial charge < -0.3 is 4.52 Å². The van der Waals surface area contributed by atoms with Gasteiger partial charge in [0.25, 0.3) is 0 Å². The van der Waals surface area contributed by atoms with Crippen LogP contribution in [0.3, 0.4) is 0 Å². The van der Waals surface area contributed by atoms with E-state index in [1.807, 2.05) is 13.8 Å². The second kappa shape index (κ2) is 7.38. The highest BCUT2D eigenvalue weighted by molar-refractivity contribution is 7.57. The maximum absolute atomic E-state index is 5.79. The smallest absolute Gasteiger partial charge is 0.151 e. The van der Waals surface area contributed by atoms with E-state index in [4.69, 9.17) is 27.7 Å². The summed E-state index contributed by atoms with van der Waals surface area (Å²) in [6.45, 7) is 6.18. The van der Waals surface area contributed by atoms with Crippen molar-refractivity contribution in [3.8, 4) is 0 Å². The highest BCUT2D eigenvalue weighted by Crippen LogP contribution is 2.48. The van der Waals surface area contributed by atoms with Crippen LogP contribution in [0.5, 0.6) is 0 Å². The second-order valence-corrected chi connectivity index (χ2v) is 6.64. The lowest BCUT2D eigenvalue weighted by Crippen LogP contribution is -2.03. The third-order valence-electron chi connectivity index (χ3n) is 1.30. The summed E-state index contributed by atoms with van der Waals surface area (Å²) in [6.07, 6.45) is 3.56. The number of hydrogen-bond acceptors (Lipinski definition) is 1. The summed E-state index contributed by atoms with van der Waals surface area (Å²) in [6, 6.07) is 0. The molecular formula is C8H17Cl2OP. The quantitative estimate of drug-likeness (QED) is 0.487. The van der Waals surface area contributed by atoms with Crippen molar-refractivity contribution in [1.29, 1.82) is 0 Å². The molecule has 0 fully saturated rings. The zero-order chi connectivity index (χ0) is 9.56. The number of rotatable bonds is 6. The van der Waals surface area contributed by atoms with E-state index in [9.17, 15) is 0 Å². The maximum Gasteiger partial charge on any atom is 0.151 e. The lowest BCUT2D eigenvalue weighted by Gasteiger charge is -2.20. The SMILES string of the molecule is CCCCP(OC(C)C)C(Cl)Cl. The first-order valence-corrected chi connectivity index (χ1v) is 6.68. The maximum atomic E-state index is 5.79. The van der Waals surface area contributed by atoms with Crippen molar-refractivity contribution in [3.63, 3.8) is 0 Å². The second-order valence-electron chi connectivity index (χ2n) is 2.93. The van der Waals surface area contributed by atoms with Crippen LogP contribution in [0.2, 0.25) is 0 Å². The van der Waals surface area contributed by atoms with Gasteiger partial charge in [-0.15, -0.1) is 0 Å². The van der Waals surface area contributed by atoms with Crippen LogP contribution in [0, 0.1) is 0 Å². The molecule has 0 bridgehead atoms. The van der Waals surface area contributed by atoms with Gasteiger partial charge in [-0.2, -0.15) is 0 Å². The normalized spacial score (nSPS) is 14.2. The molecule has 0 aromatic rings. The van der Waals surface area contributed by atoms with E-state index >= 15 is 0 Å². The summed E-state index contributed by atoms with van der Waals surface area (Å²) in [5.74, 6) is 0. The lowest BCUT2D eigenvalue weighted by molar-refractivity contribution is 0.270. The summed E-state index contributed by atoms with van der Waals surface area (Å²) in [5.41, 5.74) is 0. The molecule has 0 saturated carbocycles. The topological polar surface area (TPSA) is 9.23 Å². The van der Waals surface area contributed by atoms with Gasteiger partial charge >= 0.3 is 0 Å². The Morgan fingerprint density at radius 2 is 1.92 bits per heavy atom. The molecule has 0 aromatic carbocycles. The van der Waals surface area contributed by atoms with E-state index in [1.54, 1.807) is 0 Å². The fourth-order valence-corrected chi connectivity index (χ4v) is 3.20. The van der Waals surface area contributed by atoms with E-state index in [1.165, 1.54) is 6.42 Å². The van der Waals surface area contributed by atoms with Crippen molar-refractivity contribution in [2.24, 2.45) is 0 Å². The molecule has 1 atom stereocenters. The van der Waals surface area contributed by atoms with Crippen LogP contribution in [-0.4, -0.2) is 16.8 Å². The van der Waals surface area contributed by atoms with Crippen LogP contribution in [-0.2, 0) is 4.52 Å². The first-order chi connectivity index (χ1) is 5.57. The average Bonchev–Trinajstić information content (AvgIpc) is 1.96. The van der Waals surface area contributed by atoms with Crippen LogP contribution in [0.1, 0.15) is 33.6 Å². The molecule has 0 aromatic heterocycles. The Bertz CT molecular complexity index is 109. The van der Waals surface area contributed by atoms with E-state index in [-0.39, 0.29) is 10.7 Å². The first kappa shape index (κ1) is 13.0. The van der Waals surface area contributed by atoms with Crippen LogP contribution < -0.4 is 0 Å². The molecule has 0 rings (SSSR count). The molecule has 0 aliphatic rings. The van der Waals surface area contributed by atoms with E-state index in [0.29, 0.717) is 0 Å². The predicted molar refractivity (Wildman–Crippen MR) is 58.4 cm³/mol. The molecule has 12 heavy (non-hydrogen) atoms. The fraction of sp³-hybridized carbons (Fsp3) is 1.00. The highest BCUT2D eigenvalue weighted by atomic mass is 35.5. The van der Waals surface area contributed by atoms with Crippen molar-refractivity contribution in [2.75, 3.05) is 6.16 Å². The number of unbranched alkanes of at least 4 members (excludes halogenated alkanes) is 1. The highest BCUT2D eigenvalue weighted by Gasteiger charge is 2.18. The molecule has 4 heteroatoms. The first-order valence-electron chi connectivity index (χ1n) is 4.29. The molecule has 0 radical (unpaired) electrons. The summed E-state index contributed by atoms with van der Waals surface area (Å²) in [5, 5.41) is 0. The largest absolute Gasteiger partial charge is 0.354 e. The molecule has 74 valence electrons. The Morgan fingerprint density at radius 3 is 2.25 bits per heavy atom. The average molecular weight is 231 g/mol. The Kier molecular flexibility index (Phi) is 7.98. The van der Waals surface area contributed by atoms with Crippen molar-refractivity contribution in [3.05, 3.63) is 0 Å². The summed E-state index contributed by atoms with van der Waals surface area (Å²) in [7, 11) is -0.634. The van der Waals surface area contributed by atoms with Gasteiger partial charge in [0.1, 0.15) is 0 Å². The van der Waals surface area contributed by atoms with Gasteiger partial charge in [-0.1, -0.05) is 36.5 Å². The monoisotopic (exact) mass is 230 g/mol. The molecule has 0 amide bonds. The third kappa shape index (κ3) is 6.48. The van der Waals surface area contributed by atoms with Crippen LogP contribution in [0.25, 0.3) is 0 Å². The molecule has 0 saturated heterocycles. The van der Waals surface area contributed by atoms with Gasteiger partial charge in [0.05, 0.1) is 14.3 Å². The van der Waals surface area contributed by atoms with Crippen molar-refractivity contribution in [1.82, 2.24) is 0 Å².